The van der Waals surface area contributed by atoms with E-state index < -0.39 is 20.2 Å². The first-order valence-electron chi connectivity index (χ1n) is 14.5. The molecular formula is C28H46O8S2. The van der Waals surface area contributed by atoms with Crippen LogP contribution in [-0.4, -0.2) is 55.5 Å². The molecule has 8 nitrogen and oxygen atoms in total. The third kappa shape index (κ3) is 13.3. The van der Waals surface area contributed by atoms with Crippen LogP contribution in [0.5, 0.6) is 0 Å². The molecule has 2 heterocycles. The summed E-state index contributed by atoms with van der Waals surface area (Å²) in [4.78, 5) is -0.342. The van der Waals surface area contributed by atoms with Crippen molar-refractivity contribution in [3.05, 3.63) is 24.3 Å². The molecular weight excluding hydrogens is 528 g/mol. The Kier molecular flexibility index (Phi) is 14.0. The highest BCUT2D eigenvalue weighted by Crippen LogP contribution is 2.22. The van der Waals surface area contributed by atoms with Crippen molar-refractivity contribution in [2.24, 2.45) is 0 Å². The lowest BCUT2D eigenvalue weighted by Crippen LogP contribution is -2.11. The minimum absolute atomic E-state index is 0.0871. The number of rotatable bonds is 24. The second-order valence-corrected chi connectivity index (χ2v) is 13.7. The van der Waals surface area contributed by atoms with Crippen LogP contribution in [0.3, 0.4) is 0 Å². The van der Waals surface area contributed by atoms with Crippen LogP contribution in [0.1, 0.15) is 103 Å². The van der Waals surface area contributed by atoms with Crippen LogP contribution in [0.2, 0.25) is 0 Å². The second-order valence-electron chi connectivity index (χ2n) is 10.5. The number of benzene rings is 1. The molecule has 0 radical (unpaired) electrons. The molecule has 0 spiro atoms. The maximum atomic E-state index is 12.6. The Morgan fingerprint density at radius 2 is 0.921 bits per heavy atom. The topological polar surface area (TPSA) is 112 Å². The third-order valence-corrected chi connectivity index (χ3v) is 9.62. The first-order chi connectivity index (χ1) is 18.4. The molecule has 2 aliphatic rings. The SMILES string of the molecule is O=S(=O)(OCCCCCCCCCC1CO1)c1cccc(S(=O)(=O)OCCCCCCCCCC2CO2)c1. The average Bonchev–Trinajstić information content (AvgIpc) is 3.82. The zero-order valence-electron chi connectivity index (χ0n) is 22.7. The summed E-state index contributed by atoms with van der Waals surface area (Å²) in [5.74, 6) is 0. The molecule has 2 saturated heterocycles. The van der Waals surface area contributed by atoms with Crippen LogP contribution in [0.15, 0.2) is 34.1 Å². The zero-order valence-corrected chi connectivity index (χ0v) is 24.3. The monoisotopic (exact) mass is 574 g/mol. The van der Waals surface area contributed by atoms with Gasteiger partial charge in [0.25, 0.3) is 20.2 Å². The number of hydrogen-bond acceptors (Lipinski definition) is 8. The van der Waals surface area contributed by atoms with E-state index in [0.29, 0.717) is 25.0 Å². The minimum atomic E-state index is -4.03. The van der Waals surface area contributed by atoms with E-state index in [4.69, 9.17) is 17.8 Å². The van der Waals surface area contributed by atoms with Gasteiger partial charge in [-0.25, -0.2) is 0 Å². The Balaban J connectivity index is 1.25. The lowest BCUT2D eigenvalue weighted by atomic mass is 10.1. The standard InChI is InChI=1S/C28H46O8S2/c29-37(30,35-20-13-9-5-1-3-7-11-16-25-23-33-25)27-18-15-19-28(22-27)38(31,32)36-21-14-10-6-2-4-8-12-17-26-24-34-26/h15,18-19,22,25-26H,1-14,16-17,20-21,23-24H2. The lowest BCUT2D eigenvalue weighted by molar-refractivity contribution is 0.305. The number of hydrogen-bond donors (Lipinski definition) is 0. The van der Waals surface area contributed by atoms with Crippen molar-refractivity contribution >= 4 is 20.2 Å². The van der Waals surface area contributed by atoms with E-state index >= 15 is 0 Å². The van der Waals surface area contributed by atoms with Crippen LogP contribution >= 0.6 is 0 Å². The second kappa shape index (κ2) is 16.9. The normalized spacial score (nSPS) is 19.1. The van der Waals surface area contributed by atoms with Gasteiger partial charge < -0.3 is 9.47 Å². The van der Waals surface area contributed by atoms with Crippen LogP contribution in [-0.2, 0) is 38.1 Å². The van der Waals surface area contributed by atoms with Crippen molar-refractivity contribution in [1.29, 1.82) is 0 Å². The van der Waals surface area contributed by atoms with Crippen LogP contribution in [0, 0.1) is 0 Å². The Labute approximate surface area is 230 Å². The largest absolute Gasteiger partial charge is 0.373 e. The molecule has 0 amide bonds. The predicted octanol–water partition coefficient (Wildman–Crippen LogP) is 6.14. The summed E-state index contributed by atoms with van der Waals surface area (Å²) in [6.07, 6.45) is 18.0. The van der Waals surface area contributed by atoms with Crippen LogP contribution < -0.4 is 0 Å². The number of unbranched alkanes of at least 4 members (excludes halogenated alkanes) is 12. The van der Waals surface area contributed by atoms with Gasteiger partial charge in [0.2, 0.25) is 0 Å². The predicted molar refractivity (Wildman–Crippen MR) is 146 cm³/mol. The van der Waals surface area contributed by atoms with Gasteiger partial charge in [-0.1, -0.05) is 83.1 Å². The first kappa shape index (κ1) is 31.5. The number of ether oxygens (including phenoxy) is 2. The van der Waals surface area contributed by atoms with E-state index in [-0.39, 0.29) is 23.0 Å². The van der Waals surface area contributed by atoms with Crippen molar-refractivity contribution in [1.82, 2.24) is 0 Å². The quantitative estimate of drug-likeness (QED) is 0.0823. The molecule has 218 valence electrons. The van der Waals surface area contributed by atoms with E-state index in [1.165, 1.54) is 56.7 Å². The fraction of sp³-hybridized carbons (Fsp3) is 0.786. The van der Waals surface area contributed by atoms with E-state index in [0.717, 1.165) is 70.6 Å². The highest BCUT2D eigenvalue weighted by atomic mass is 32.2. The van der Waals surface area contributed by atoms with E-state index in [2.05, 4.69) is 0 Å². The highest BCUT2D eigenvalue weighted by molar-refractivity contribution is 7.87. The Hall–Kier alpha value is -1.04. The van der Waals surface area contributed by atoms with Gasteiger partial charge in [-0.2, -0.15) is 16.8 Å². The van der Waals surface area contributed by atoms with Gasteiger partial charge in [0, 0.05) is 0 Å². The molecule has 0 N–H and O–H groups in total. The molecule has 2 unspecified atom stereocenters. The van der Waals surface area contributed by atoms with Gasteiger partial charge in [0.15, 0.2) is 0 Å². The molecule has 3 rings (SSSR count). The van der Waals surface area contributed by atoms with Gasteiger partial charge in [0.05, 0.1) is 48.4 Å². The van der Waals surface area contributed by atoms with Gasteiger partial charge in [-0.05, 0) is 43.9 Å². The Bertz CT molecular complexity index is 924. The molecule has 1 aromatic rings. The molecule has 1 aromatic carbocycles. The van der Waals surface area contributed by atoms with Crippen molar-refractivity contribution in [3.8, 4) is 0 Å². The smallest absolute Gasteiger partial charge is 0.297 e. The van der Waals surface area contributed by atoms with Crippen molar-refractivity contribution < 1.29 is 34.7 Å². The summed E-state index contributed by atoms with van der Waals surface area (Å²) in [6, 6.07) is 5.21. The molecule has 2 atom stereocenters. The Morgan fingerprint density at radius 1 is 0.579 bits per heavy atom. The van der Waals surface area contributed by atoms with Gasteiger partial charge in [0.1, 0.15) is 0 Å². The van der Waals surface area contributed by atoms with Gasteiger partial charge >= 0.3 is 0 Å². The molecule has 0 aliphatic carbocycles. The summed E-state index contributed by atoms with van der Waals surface area (Å²) in [5, 5.41) is 0. The van der Waals surface area contributed by atoms with Crippen LogP contribution in [0.25, 0.3) is 0 Å². The van der Waals surface area contributed by atoms with E-state index in [1.807, 2.05) is 0 Å². The molecule has 2 fully saturated rings. The number of epoxide rings is 2. The fourth-order valence-corrected chi connectivity index (χ4v) is 6.50. The van der Waals surface area contributed by atoms with Gasteiger partial charge in [-0.3, -0.25) is 8.37 Å². The summed E-state index contributed by atoms with van der Waals surface area (Å²) in [7, 11) is -8.07. The summed E-state index contributed by atoms with van der Waals surface area (Å²) < 4.78 is 71.0. The summed E-state index contributed by atoms with van der Waals surface area (Å²) in [5.41, 5.74) is 0. The Morgan fingerprint density at radius 3 is 1.29 bits per heavy atom. The summed E-state index contributed by atoms with van der Waals surface area (Å²) >= 11 is 0. The molecule has 38 heavy (non-hydrogen) atoms. The summed E-state index contributed by atoms with van der Waals surface area (Å²) in [6.45, 7) is 2.02. The maximum absolute atomic E-state index is 12.6. The lowest BCUT2D eigenvalue weighted by Gasteiger charge is -2.09. The highest BCUT2D eigenvalue weighted by Gasteiger charge is 2.22. The first-order valence-corrected chi connectivity index (χ1v) is 17.3. The van der Waals surface area contributed by atoms with Crippen LogP contribution in [0.4, 0.5) is 0 Å². The van der Waals surface area contributed by atoms with Gasteiger partial charge in [-0.15, -0.1) is 0 Å². The van der Waals surface area contributed by atoms with E-state index in [9.17, 15) is 16.8 Å². The fourth-order valence-electron chi connectivity index (χ4n) is 4.44. The average molecular weight is 575 g/mol. The third-order valence-electron chi connectivity index (χ3n) is 7.01. The van der Waals surface area contributed by atoms with Crippen molar-refractivity contribution in [2.75, 3.05) is 26.4 Å². The maximum Gasteiger partial charge on any atom is 0.297 e. The molecule has 0 aromatic heterocycles. The van der Waals surface area contributed by atoms with Crippen molar-refractivity contribution in [2.45, 2.75) is 125 Å². The minimum Gasteiger partial charge on any atom is -0.373 e. The molecule has 0 saturated carbocycles. The van der Waals surface area contributed by atoms with Crippen molar-refractivity contribution in [3.63, 3.8) is 0 Å². The molecule has 0 bridgehead atoms. The van der Waals surface area contributed by atoms with E-state index in [1.54, 1.807) is 0 Å². The molecule has 2 aliphatic heterocycles. The zero-order chi connectivity index (χ0) is 27.1. The molecule has 10 heteroatoms.